The lowest BCUT2D eigenvalue weighted by atomic mass is 9.72. The summed E-state index contributed by atoms with van der Waals surface area (Å²) in [6, 6.07) is 27.0. The van der Waals surface area contributed by atoms with Crippen LogP contribution in [0.3, 0.4) is 0 Å². The molecule has 5 rings (SSSR count). The molecular weight excluding hydrogens is 460 g/mol. The molecule has 2 heterocycles. The minimum absolute atomic E-state index is 0.0431. The molecule has 0 unspecified atom stereocenters. The van der Waals surface area contributed by atoms with Crippen LogP contribution in [0.2, 0.25) is 5.02 Å². The molecule has 1 fully saturated rings. The SMILES string of the molecule is Cc1onc(C(=O)N2CCC(C(O)(c3ccccc3)c3ccccc3)CC2)c1-c1ccccc1Cl. The molecule has 1 N–H and O–H groups in total. The Morgan fingerprint density at radius 2 is 1.49 bits per heavy atom. The van der Waals surface area contributed by atoms with Gasteiger partial charge in [0.25, 0.3) is 5.91 Å². The molecule has 0 atom stereocenters. The fourth-order valence-electron chi connectivity index (χ4n) is 5.17. The number of piperidine rings is 1. The average molecular weight is 487 g/mol. The highest BCUT2D eigenvalue weighted by atomic mass is 35.5. The van der Waals surface area contributed by atoms with E-state index in [1.807, 2.05) is 78.9 Å². The van der Waals surface area contributed by atoms with Crippen LogP contribution in [0.5, 0.6) is 0 Å². The van der Waals surface area contributed by atoms with Crippen molar-refractivity contribution in [2.24, 2.45) is 5.92 Å². The lowest BCUT2D eigenvalue weighted by Crippen LogP contribution is -2.46. The predicted molar refractivity (Wildman–Crippen MR) is 136 cm³/mol. The number of carbonyl (C=O) groups excluding carboxylic acids is 1. The molecule has 1 aliphatic heterocycles. The zero-order valence-electron chi connectivity index (χ0n) is 19.5. The molecule has 1 aromatic heterocycles. The number of rotatable bonds is 5. The van der Waals surface area contributed by atoms with Crippen molar-refractivity contribution < 1.29 is 14.4 Å². The number of aryl methyl sites for hydroxylation is 1. The van der Waals surface area contributed by atoms with Gasteiger partial charge in [0.1, 0.15) is 11.4 Å². The average Bonchev–Trinajstić information content (AvgIpc) is 3.30. The monoisotopic (exact) mass is 486 g/mol. The van der Waals surface area contributed by atoms with E-state index in [-0.39, 0.29) is 17.5 Å². The number of benzene rings is 3. The number of aromatic nitrogens is 1. The Kier molecular flexibility index (Phi) is 6.46. The maximum atomic E-state index is 13.5. The summed E-state index contributed by atoms with van der Waals surface area (Å²) in [5.74, 6) is 0.329. The van der Waals surface area contributed by atoms with Gasteiger partial charge < -0.3 is 14.5 Å². The Morgan fingerprint density at radius 3 is 2.06 bits per heavy atom. The fraction of sp³-hybridized carbons (Fsp3) is 0.241. The van der Waals surface area contributed by atoms with E-state index in [0.717, 1.165) is 16.7 Å². The van der Waals surface area contributed by atoms with E-state index >= 15 is 0 Å². The number of amides is 1. The molecule has 1 aliphatic rings. The van der Waals surface area contributed by atoms with Crippen molar-refractivity contribution in [3.63, 3.8) is 0 Å². The number of aliphatic hydroxyl groups is 1. The van der Waals surface area contributed by atoms with Gasteiger partial charge in [-0.1, -0.05) is 95.6 Å². The van der Waals surface area contributed by atoms with Crippen molar-refractivity contribution >= 4 is 17.5 Å². The van der Waals surface area contributed by atoms with Crippen molar-refractivity contribution in [1.29, 1.82) is 0 Å². The number of nitrogens with zero attached hydrogens (tertiary/aromatic N) is 2. The van der Waals surface area contributed by atoms with Crippen molar-refractivity contribution in [3.8, 4) is 11.1 Å². The van der Waals surface area contributed by atoms with Crippen molar-refractivity contribution in [2.45, 2.75) is 25.4 Å². The molecular formula is C29H27ClN2O3. The number of carbonyl (C=O) groups is 1. The second kappa shape index (κ2) is 9.68. The highest BCUT2D eigenvalue weighted by Crippen LogP contribution is 2.42. The number of hydrogen-bond donors (Lipinski definition) is 1. The second-order valence-electron chi connectivity index (χ2n) is 9.01. The van der Waals surface area contributed by atoms with Crippen LogP contribution in [0.25, 0.3) is 11.1 Å². The second-order valence-corrected chi connectivity index (χ2v) is 9.41. The van der Waals surface area contributed by atoms with Crippen LogP contribution in [0.15, 0.2) is 89.5 Å². The summed E-state index contributed by atoms with van der Waals surface area (Å²) < 4.78 is 5.41. The van der Waals surface area contributed by atoms with Crippen molar-refractivity contribution in [1.82, 2.24) is 10.1 Å². The summed E-state index contributed by atoms with van der Waals surface area (Å²) in [6.45, 7) is 2.81. The van der Waals surface area contributed by atoms with Crippen LogP contribution in [0, 0.1) is 12.8 Å². The molecule has 6 heteroatoms. The summed E-state index contributed by atoms with van der Waals surface area (Å²) in [6.07, 6.45) is 1.31. The van der Waals surface area contributed by atoms with E-state index in [4.69, 9.17) is 16.1 Å². The number of halogens is 1. The van der Waals surface area contributed by atoms with E-state index in [9.17, 15) is 9.90 Å². The molecule has 5 nitrogen and oxygen atoms in total. The zero-order valence-corrected chi connectivity index (χ0v) is 20.3. The Balaban J connectivity index is 1.40. The van der Waals surface area contributed by atoms with Crippen LogP contribution in [-0.2, 0) is 5.60 Å². The first-order valence-electron chi connectivity index (χ1n) is 11.8. The van der Waals surface area contributed by atoms with Gasteiger partial charge in [-0.2, -0.15) is 0 Å². The Bertz CT molecular complexity index is 1270. The van der Waals surface area contributed by atoms with Gasteiger partial charge in [-0.05, 0) is 42.9 Å². The van der Waals surface area contributed by atoms with Gasteiger partial charge in [-0.15, -0.1) is 0 Å². The molecule has 0 radical (unpaired) electrons. The minimum Gasteiger partial charge on any atom is -0.380 e. The zero-order chi connectivity index (χ0) is 24.4. The number of hydrogen-bond acceptors (Lipinski definition) is 4. The first-order valence-corrected chi connectivity index (χ1v) is 12.2. The van der Waals surface area contributed by atoms with Gasteiger partial charge in [0.15, 0.2) is 5.69 Å². The standard InChI is InChI=1S/C29H27ClN2O3/c1-20-26(24-14-8-9-15-25(24)30)27(31-35-20)28(33)32-18-16-23(17-19-32)29(34,21-10-4-2-5-11-21)22-12-6-3-7-13-22/h2-15,23,34H,16-19H2,1H3. The van der Waals surface area contributed by atoms with Crippen LogP contribution < -0.4 is 0 Å². The lowest BCUT2D eigenvalue weighted by molar-refractivity contribution is -0.0124. The molecule has 4 aromatic rings. The van der Waals surface area contributed by atoms with Crippen LogP contribution >= 0.6 is 11.6 Å². The van der Waals surface area contributed by atoms with Gasteiger partial charge in [0.05, 0.1) is 5.56 Å². The molecule has 0 aliphatic carbocycles. The Morgan fingerprint density at radius 1 is 0.943 bits per heavy atom. The Hall–Kier alpha value is -3.41. The smallest absolute Gasteiger partial charge is 0.276 e. The molecule has 0 bridgehead atoms. The largest absolute Gasteiger partial charge is 0.380 e. The number of likely N-dealkylation sites (tertiary alicyclic amines) is 1. The lowest BCUT2D eigenvalue weighted by Gasteiger charge is -2.42. The van der Waals surface area contributed by atoms with Crippen molar-refractivity contribution in [2.75, 3.05) is 13.1 Å². The van der Waals surface area contributed by atoms with Crippen LogP contribution in [-0.4, -0.2) is 34.2 Å². The van der Waals surface area contributed by atoms with E-state index in [0.29, 0.717) is 42.3 Å². The van der Waals surface area contributed by atoms with Crippen LogP contribution in [0.1, 0.15) is 40.2 Å². The minimum atomic E-state index is -1.13. The molecule has 178 valence electrons. The van der Waals surface area contributed by atoms with E-state index in [1.54, 1.807) is 17.9 Å². The summed E-state index contributed by atoms with van der Waals surface area (Å²) in [5, 5.41) is 16.7. The molecule has 0 saturated carbocycles. The third kappa shape index (κ3) is 4.26. The summed E-state index contributed by atoms with van der Waals surface area (Å²) >= 11 is 6.41. The van der Waals surface area contributed by atoms with Crippen molar-refractivity contribution in [3.05, 3.63) is 113 Å². The molecule has 1 amide bonds. The highest BCUT2D eigenvalue weighted by molar-refractivity contribution is 6.33. The molecule has 0 spiro atoms. The summed E-state index contributed by atoms with van der Waals surface area (Å²) in [4.78, 5) is 15.3. The van der Waals surface area contributed by atoms with Gasteiger partial charge in [-0.25, -0.2) is 0 Å². The fourth-order valence-corrected chi connectivity index (χ4v) is 5.40. The molecule has 35 heavy (non-hydrogen) atoms. The maximum Gasteiger partial charge on any atom is 0.276 e. The summed E-state index contributed by atoms with van der Waals surface area (Å²) in [5.41, 5.74) is 2.23. The Labute approximate surface area is 210 Å². The topological polar surface area (TPSA) is 66.6 Å². The van der Waals surface area contributed by atoms with Gasteiger partial charge in [0.2, 0.25) is 0 Å². The molecule has 3 aromatic carbocycles. The van der Waals surface area contributed by atoms with Gasteiger partial charge in [0, 0.05) is 23.7 Å². The van der Waals surface area contributed by atoms with Gasteiger partial charge >= 0.3 is 0 Å². The maximum absolute atomic E-state index is 13.5. The normalized spacial score (nSPS) is 14.8. The summed E-state index contributed by atoms with van der Waals surface area (Å²) in [7, 11) is 0. The third-order valence-electron chi connectivity index (χ3n) is 7.01. The molecule has 1 saturated heterocycles. The first-order chi connectivity index (χ1) is 17.0. The van der Waals surface area contributed by atoms with E-state index in [1.165, 1.54) is 0 Å². The first kappa shape index (κ1) is 23.3. The quantitative estimate of drug-likeness (QED) is 0.370. The van der Waals surface area contributed by atoms with E-state index in [2.05, 4.69) is 5.16 Å². The highest BCUT2D eigenvalue weighted by Gasteiger charge is 2.42. The van der Waals surface area contributed by atoms with E-state index < -0.39 is 5.60 Å². The third-order valence-corrected chi connectivity index (χ3v) is 7.34. The van der Waals surface area contributed by atoms with Crippen LogP contribution in [0.4, 0.5) is 0 Å². The van der Waals surface area contributed by atoms with Gasteiger partial charge in [-0.3, -0.25) is 4.79 Å². The predicted octanol–water partition coefficient (Wildman–Crippen LogP) is 6.09.